The van der Waals surface area contributed by atoms with Crippen molar-refractivity contribution in [3.05, 3.63) is 35.9 Å². The number of benzene rings is 1. The van der Waals surface area contributed by atoms with Gasteiger partial charge in [-0.15, -0.1) is 24.0 Å². The molecule has 7 nitrogen and oxygen atoms in total. The Morgan fingerprint density at radius 1 is 1.18 bits per heavy atom. The molecule has 0 saturated carbocycles. The summed E-state index contributed by atoms with van der Waals surface area (Å²) < 4.78 is 32.3. The molecule has 0 aliphatic heterocycles. The van der Waals surface area contributed by atoms with Crippen molar-refractivity contribution in [2.45, 2.75) is 33.7 Å². The van der Waals surface area contributed by atoms with Gasteiger partial charge in [-0.05, 0) is 24.8 Å². The van der Waals surface area contributed by atoms with Crippen molar-refractivity contribution < 1.29 is 13.2 Å². The molecular weight excluding hydrogens is 491 g/mol. The van der Waals surface area contributed by atoms with Crippen LogP contribution in [-0.4, -0.2) is 53.0 Å². The number of ether oxygens (including phenoxy) is 1. The van der Waals surface area contributed by atoms with E-state index in [4.69, 9.17) is 4.74 Å². The highest BCUT2D eigenvalue weighted by Gasteiger charge is 2.10. The van der Waals surface area contributed by atoms with Gasteiger partial charge in [-0.25, -0.2) is 13.1 Å². The van der Waals surface area contributed by atoms with Gasteiger partial charge in [0.25, 0.3) is 0 Å². The molecule has 0 fully saturated rings. The lowest BCUT2D eigenvalue weighted by Gasteiger charge is -2.12. The lowest BCUT2D eigenvalue weighted by atomic mass is 10.2. The smallest absolute Gasteiger partial charge is 0.213 e. The summed E-state index contributed by atoms with van der Waals surface area (Å²) >= 11 is 0. The zero-order valence-electron chi connectivity index (χ0n) is 17.1. The average Bonchev–Trinajstić information content (AvgIpc) is 2.63. The standard InChI is InChI=1S/C19H34N4O3S.HI/c1-4-20-19(21-11-8-13-26-16-17(2)3)22-12-14-27(24,25)23-15-18-9-6-5-7-10-18;/h5-7,9-10,17,23H,4,8,11-16H2,1-3H3,(H2,20,21,22);1H. The first-order valence-electron chi connectivity index (χ1n) is 9.54. The molecular formula is C19H35IN4O3S. The number of hydrogen-bond acceptors (Lipinski definition) is 4. The monoisotopic (exact) mass is 526 g/mol. The minimum absolute atomic E-state index is 0. The number of aliphatic imine (C=N–C) groups is 1. The van der Waals surface area contributed by atoms with Gasteiger partial charge in [0.15, 0.2) is 5.96 Å². The Morgan fingerprint density at radius 3 is 2.54 bits per heavy atom. The van der Waals surface area contributed by atoms with Crippen LogP contribution in [0.4, 0.5) is 0 Å². The topological polar surface area (TPSA) is 91.8 Å². The number of guanidine groups is 1. The van der Waals surface area contributed by atoms with Crippen LogP contribution in [0.1, 0.15) is 32.8 Å². The maximum absolute atomic E-state index is 12.1. The first-order valence-corrected chi connectivity index (χ1v) is 11.2. The molecule has 0 aromatic heterocycles. The first-order chi connectivity index (χ1) is 12.9. The fourth-order valence-corrected chi connectivity index (χ4v) is 3.09. The van der Waals surface area contributed by atoms with Gasteiger partial charge in [-0.1, -0.05) is 44.2 Å². The van der Waals surface area contributed by atoms with Crippen molar-refractivity contribution in [2.24, 2.45) is 10.9 Å². The summed E-state index contributed by atoms with van der Waals surface area (Å²) in [6.45, 7) is 9.59. The van der Waals surface area contributed by atoms with E-state index >= 15 is 0 Å². The van der Waals surface area contributed by atoms with Crippen molar-refractivity contribution in [2.75, 3.05) is 38.6 Å². The Kier molecular flexibility index (Phi) is 15.4. The van der Waals surface area contributed by atoms with Crippen LogP contribution in [0.25, 0.3) is 0 Å². The van der Waals surface area contributed by atoms with Gasteiger partial charge in [-0.2, -0.15) is 0 Å². The van der Waals surface area contributed by atoms with Crippen molar-refractivity contribution in [1.82, 2.24) is 15.4 Å². The first kappa shape index (κ1) is 27.1. The zero-order valence-corrected chi connectivity index (χ0v) is 20.3. The molecule has 0 unspecified atom stereocenters. The van der Waals surface area contributed by atoms with Gasteiger partial charge in [-0.3, -0.25) is 4.99 Å². The molecule has 0 atom stereocenters. The zero-order chi connectivity index (χ0) is 20.0. The summed E-state index contributed by atoms with van der Waals surface area (Å²) in [6, 6.07) is 9.46. The summed E-state index contributed by atoms with van der Waals surface area (Å²) in [6.07, 6.45) is 0.834. The molecule has 1 rings (SSSR count). The third kappa shape index (κ3) is 14.1. The molecule has 0 heterocycles. The number of rotatable bonds is 13. The summed E-state index contributed by atoms with van der Waals surface area (Å²) in [5.74, 6) is 1.14. The summed E-state index contributed by atoms with van der Waals surface area (Å²) in [5, 5.41) is 6.18. The quantitative estimate of drug-likeness (QED) is 0.159. The summed E-state index contributed by atoms with van der Waals surface area (Å²) in [5.41, 5.74) is 0.934. The fraction of sp³-hybridized carbons (Fsp3) is 0.632. The van der Waals surface area contributed by atoms with E-state index in [9.17, 15) is 8.42 Å². The lowest BCUT2D eigenvalue weighted by Crippen LogP contribution is -2.41. The Labute approximate surface area is 187 Å². The Hall–Kier alpha value is -0.910. The molecule has 0 aliphatic rings. The second-order valence-corrected chi connectivity index (χ2v) is 8.56. The SMILES string of the molecule is CCNC(=NCCCOCC(C)C)NCCS(=O)(=O)NCc1ccccc1.I. The number of halogens is 1. The van der Waals surface area contributed by atoms with Crippen LogP contribution < -0.4 is 15.4 Å². The summed E-state index contributed by atoms with van der Waals surface area (Å²) in [4.78, 5) is 4.44. The van der Waals surface area contributed by atoms with Crippen LogP contribution in [0, 0.1) is 5.92 Å². The predicted octanol–water partition coefficient (Wildman–Crippen LogP) is 2.34. The molecule has 0 bridgehead atoms. The van der Waals surface area contributed by atoms with E-state index in [1.54, 1.807) is 0 Å². The van der Waals surface area contributed by atoms with E-state index < -0.39 is 10.0 Å². The number of nitrogens with one attached hydrogen (secondary N) is 3. The molecule has 9 heteroatoms. The molecule has 0 spiro atoms. The highest BCUT2D eigenvalue weighted by atomic mass is 127. The molecule has 162 valence electrons. The Morgan fingerprint density at radius 2 is 1.89 bits per heavy atom. The van der Waals surface area contributed by atoms with E-state index in [-0.39, 0.29) is 29.7 Å². The van der Waals surface area contributed by atoms with Gasteiger partial charge < -0.3 is 15.4 Å². The maximum atomic E-state index is 12.1. The van der Waals surface area contributed by atoms with Gasteiger partial charge in [0.05, 0.1) is 5.75 Å². The minimum Gasteiger partial charge on any atom is -0.381 e. The Bertz CT molecular complexity index is 640. The lowest BCUT2D eigenvalue weighted by molar-refractivity contribution is 0.109. The molecule has 0 radical (unpaired) electrons. The van der Waals surface area contributed by atoms with Crippen LogP contribution >= 0.6 is 24.0 Å². The van der Waals surface area contributed by atoms with Crippen molar-refractivity contribution in [1.29, 1.82) is 0 Å². The van der Waals surface area contributed by atoms with E-state index in [2.05, 4.69) is 34.2 Å². The van der Waals surface area contributed by atoms with Crippen LogP contribution in [0.15, 0.2) is 35.3 Å². The van der Waals surface area contributed by atoms with Gasteiger partial charge in [0.1, 0.15) is 0 Å². The van der Waals surface area contributed by atoms with Crippen LogP contribution in [-0.2, 0) is 21.3 Å². The third-order valence-electron chi connectivity index (χ3n) is 3.51. The van der Waals surface area contributed by atoms with Crippen LogP contribution in [0.3, 0.4) is 0 Å². The second-order valence-electron chi connectivity index (χ2n) is 6.64. The van der Waals surface area contributed by atoms with Crippen molar-refractivity contribution >= 4 is 40.0 Å². The number of sulfonamides is 1. The predicted molar refractivity (Wildman–Crippen MR) is 127 cm³/mol. The molecule has 0 saturated heterocycles. The molecule has 28 heavy (non-hydrogen) atoms. The second kappa shape index (κ2) is 15.9. The third-order valence-corrected chi connectivity index (χ3v) is 4.84. The highest BCUT2D eigenvalue weighted by molar-refractivity contribution is 14.0. The molecule has 0 aliphatic carbocycles. The van der Waals surface area contributed by atoms with Gasteiger partial charge in [0.2, 0.25) is 10.0 Å². The fourth-order valence-electron chi connectivity index (χ4n) is 2.18. The Balaban J connectivity index is 0.00000729. The largest absolute Gasteiger partial charge is 0.381 e. The average molecular weight is 526 g/mol. The number of hydrogen-bond donors (Lipinski definition) is 3. The van der Waals surface area contributed by atoms with Crippen molar-refractivity contribution in [3.63, 3.8) is 0 Å². The van der Waals surface area contributed by atoms with Gasteiger partial charge >= 0.3 is 0 Å². The molecule has 1 aromatic carbocycles. The van der Waals surface area contributed by atoms with E-state index in [1.165, 1.54) is 0 Å². The van der Waals surface area contributed by atoms with E-state index in [0.717, 1.165) is 18.6 Å². The molecule has 0 amide bonds. The molecule has 1 aromatic rings. The van der Waals surface area contributed by atoms with Crippen molar-refractivity contribution in [3.8, 4) is 0 Å². The maximum Gasteiger partial charge on any atom is 0.213 e. The van der Waals surface area contributed by atoms with E-state index in [0.29, 0.717) is 44.7 Å². The normalized spacial score (nSPS) is 11.9. The van der Waals surface area contributed by atoms with Crippen LogP contribution in [0.5, 0.6) is 0 Å². The minimum atomic E-state index is -3.35. The van der Waals surface area contributed by atoms with Crippen LogP contribution in [0.2, 0.25) is 0 Å². The van der Waals surface area contributed by atoms with E-state index in [1.807, 2.05) is 37.3 Å². The summed E-state index contributed by atoms with van der Waals surface area (Å²) in [7, 11) is -3.35. The van der Waals surface area contributed by atoms with Gasteiger partial charge in [0, 0.05) is 39.4 Å². The highest BCUT2D eigenvalue weighted by Crippen LogP contribution is 1.98. The number of nitrogens with zero attached hydrogens (tertiary/aromatic N) is 1. The molecule has 3 N–H and O–H groups in total.